The highest BCUT2D eigenvalue weighted by molar-refractivity contribution is 5.83. The van der Waals surface area contributed by atoms with Gasteiger partial charge in [-0.15, -0.1) is 0 Å². The van der Waals surface area contributed by atoms with Gasteiger partial charge in [-0.3, -0.25) is 4.79 Å². The molecule has 1 amide bonds. The van der Waals surface area contributed by atoms with Gasteiger partial charge in [0.05, 0.1) is 0 Å². The normalized spacial score (nSPS) is 33.0. The summed E-state index contributed by atoms with van der Waals surface area (Å²) in [5.41, 5.74) is 7.01. The van der Waals surface area contributed by atoms with E-state index in [1.807, 2.05) is 4.90 Å². The molecule has 0 radical (unpaired) electrons. The summed E-state index contributed by atoms with van der Waals surface area (Å²) in [5, 5.41) is 0. The number of carbonyl (C=O) groups excluding carboxylic acids is 1. The second-order valence-corrected chi connectivity index (χ2v) is 6.17. The van der Waals surface area contributed by atoms with E-state index in [1.165, 1.54) is 12.1 Å². The summed E-state index contributed by atoms with van der Waals surface area (Å²) in [6.07, 6.45) is 2.67. The molecule has 0 unspecified atom stereocenters. The lowest BCUT2D eigenvalue weighted by Crippen LogP contribution is -2.49. The highest BCUT2D eigenvalue weighted by Gasteiger charge is 2.46. The number of amides is 1. The number of likely N-dealkylation sites (tertiary alicyclic amines) is 1. The Kier molecular flexibility index (Phi) is 3.50. The molecule has 4 atom stereocenters. The maximum absolute atomic E-state index is 12.9. The van der Waals surface area contributed by atoms with Crippen molar-refractivity contribution in [1.82, 2.24) is 4.90 Å². The number of nitrogens with zero attached hydrogens (tertiary/aromatic N) is 1. The van der Waals surface area contributed by atoms with Crippen LogP contribution in [0.2, 0.25) is 0 Å². The van der Waals surface area contributed by atoms with E-state index < -0.39 is 0 Å². The summed E-state index contributed by atoms with van der Waals surface area (Å²) in [7, 11) is 0. The van der Waals surface area contributed by atoms with Crippen molar-refractivity contribution in [2.75, 3.05) is 6.54 Å². The van der Waals surface area contributed by atoms with Gasteiger partial charge in [-0.25, -0.2) is 4.39 Å². The van der Waals surface area contributed by atoms with Crippen molar-refractivity contribution in [3.05, 3.63) is 35.6 Å². The minimum absolute atomic E-state index is 0.0808. The van der Waals surface area contributed by atoms with Gasteiger partial charge in [-0.2, -0.15) is 0 Å². The smallest absolute Gasteiger partial charge is 0.226 e. The quantitative estimate of drug-likeness (QED) is 0.900. The first-order valence-electron chi connectivity index (χ1n) is 7.38. The van der Waals surface area contributed by atoms with Crippen LogP contribution < -0.4 is 5.73 Å². The number of hydrogen-bond donors (Lipinski definition) is 1. The van der Waals surface area contributed by atoms with Crippen molar-refractivity contribution in [1.29, 1.82) is 0 Å². The van der Waals surface area contributed by atoms with Crippen LogP contribution in [0.3, 0.4) is 0 Å². The van der Waals surface area contributed by atoms with Crippen LogP contribution in [0.5, 0.6) is 0 Å². The molecule has 0 aromatic heterocycles. The molecule has 1 aromatic rings. The third-order valence-corrected chi connectivity index (χ3v) is 4.61. The van der Waals surface area contributed by atoms with Crippen LogP contribution in [0.1, 0.15) is 37.7 Å². The molecule has 1 aliphatic carbocycles. The number of carbonyl (C=O) groups is 1. The summed E-state index contributed by atoms with van der Waals surface area (Å²) < 4.78 is 12.9. The molecule has 3 nitrogen and oxygen atoms in total. The van der Waals surface area contributed by atoms with Crippen molar-refractivity contribution < 1.29 is 9.18 Å². The molecule has 2 N–H and O–H groups in total. The Morgan fingerprint density at radius 2 is 2.00 bits per heavy atom. The first kappa shape index (κ1) is 13.6. The number of nitrogens with two attached hydrogens (primary N) is 1. The number of rotatable bonds is 2. The molecular weight excluding hydrogens is 255 g/mol. The lowest BCUT2D eigenvalue weighted by Gasteiger charge is -2.36. The van der Waals surface area contributed by atoms with Crippen LogP contribution in [0.4, 0.5) is 4.39 Å². The summed E-state index contributed by atoms with van der Waals surface area (Å²) in [6.45, 7) is 2.85. The van der Waals surface area contributed by atoms with Crippen LogP contribution in [-0.2, 0) is 4.79 Å². The monoisotopic (exact) mass is 276 g/mol. The second kappa shape index (κ2) is 5.17. The summed E-state index contributed by atoms with van der Waals surface area (Å²) >= 11 is 0. The molecular formula is C16H21FN2O. The number of hydrogen-bond acceptors (Lipinski definition) is 2. The van der Waals surface area contributed by atoms with Gasteiger partial charge in [0.1, 0.15) is 5.82 Å². The van der Waals surface area contributed by atoms with E-state index in [2.05, 4.69) is 6.92 Å². The van der Waals surface area contributed by atoms with E-state index in [0.717, 1.165) is 31.4 Å². The van der Waals surface area contributed by atoms with Gasteiger partial charge >= 0.3 is 0 Å². The minimum atomic E-state index is -0.226. The molecule has 2 fully saturated rings. The topological polar surface area (TPSA) is 46.3 Å². The zero-order valence-electron chi connectivity index (χ0n) is 11.8. The van der Waals surface area contributed by atoms with Gasteiger partial charge in [-0.1, -0.05) is 12.1 Å². The average molecular weight is 276 g/mol. The Balaban J connectivity index is 1.64. The van der Waals surface area contributed by atoms with E-state index in [9.17, 15) is 9.18 Å². The molecule has 4 heteroatoms. The fourth-order valence-electron chi connectivity index (χ4n) is 3.30. The predicted molar refractivity (Wildman–Crippen MR) is 75.6 cm³/mol. The van der Waals surface area contributed by atoms with E-state index in [4.69, 9.17) is 5.73 Å². The van der Waals surface area contributed by atoms with E-state index in [-0.39, 0.29) is 35.6 Å². The molecule has 2 aliphatic rings. The van der Waals surface area contributed by atoms with Gasteiger partial charge in [0.15, 0.2) is 0 Å². The van der Waals surface area contributed by atoms with Gasteiger partial charge in [0, 0.05) is 24.5 Å². The first-order valence-corrected chi connectivity index (χ1v) is 7.38. The van der Waals surface area contributed by atoms with Crippen molar-refractivity contribution in [2.24, 2.45) is 11.7 Å². The Morgan fingerprint density at radius 3 is 2.65 bits per heavy atom. The Bertz CT molecular complexity index is 502. The highest BCUT2D eigenvalue weighted by atomic mass is 19.1. The lowest BCUT2D eigenvalue weighted by atomic mass is 9.98. The second-order valence-electron chi connectivity index (χ2n) is 6.17. The van der Waals surface area contributed by atoms with Crippen molar-refractivity contribution in [2.45, 2.75) is 44.2 Å². The molecule has 0 bridgehead atoms. The zero-order chi connectivity index (χ0) is 14.3. The van der Waals surface area contributed by atoms with Crippen LogP contribution in [0, 0.1) is 11.7 Å². The van der Waals surface area contributed by atoms with Crippen molar-refractivity contribution in [3.8, 4) is 0 Å². The number of benzene rings is 1. The fourth-order valence-corrected chi connectivity index (χ4v) is 3.30. The highest BCUT2D eigenvalue weighted by Crippen LogP contribution is 2.48. The van der Waals surface area contributed by atoms with Gasteiger partial charge in [-0.05, 0) is 49.8 Å². The summed E-state index contributed by atoms with van der Waals surface area (Å²) in [4.78, 5) is 14.5. The molecule has 3 rings (SSSR count). The minimum Gasteiger partial charge on any atom is -0.340 e. The molecule has 1 saturated carbocycles. The van der Waals surface area contributed by atoms with E-state index in [1.54, 1.807) is 12.1 Å². The van der Waals surface area contributed by atoms with Crippen LogP contribution in [0.15, 0.2) is 24.3 Å². The molecule has 108 valence electrons. The van der Waals surface area contributed by atoms with Crippen LogP contribution in [0.25, 0.3) is 0 Å². The maximum atomic E-state index is 12.9. The Labute approximate surface area is 118 Å². The molecule has 1 heterocycles. The van der Waals surface area contributed by atoms with Gasteiger partial charge in [0.25, 0.3) is 0 Å². The van der Waals surface area contributed by atoms with Gasteiger partial charge < -0.3 is 10.6 Å². The summed E-state index contributed by atoms with van der Waals surface area (Å²) in [6, 6.07) is 6.99. The zero-order valence-corrected chi connectivity index (χ0v) is 11.8. The molecule has 0 spiro atoms. The van der Waals surface area contributed by atoms with Crippen LogP contribution >= 0.6 is 0 Å². The van der Waals surface area contributed by atoms with Crippen LogP contribution in [-0.4, -0.2) is 29.4 Å². The number of halogens is 1. The Hall–Kier alpha value is -1.42. The molecule has 1 saturated heterocycles. The molecule has 1 aliphatic heterocycles. The average Bonchev–Trinajstić information content (AvgIpc) is 3.19. The standard InChI is InChI=1S/C16H21FN2O/c1-10-8-13(18)6-7-19(10)16(20)15-9-14(15)11-2-4-12(17)5-3-11/h2-5,10,13-15H,6-9,18H2,1H3/t10-,13-,14+,15-/m1/s1. The summed E-state index contributed by atoms with van der Waals surface area (Å²) in [5.74, 6) is 0.373. The molecule has 1 aromatic carbocycles. The van der Waals surface area contributed by atoms with Crippen molar-refractivity contribution >= 4 is 5.91 Å². The lowest BCUT2D eigenvalue weighted by molar-refractivity contribution is -0.136. The maximum Gasteiger partial charge on any atom is 0.226 e. The third kappa shape index (κ3) is 2.57. The van der Waals surface area contributed by atoms with Crippen molar-refractivity contribution in [3.63, 3.8) is 0 Å². The largest absolute Gasteiger partial charge is 0.340 e. The van der Waals surface area contributed by atoms with E-state index in [0.29, 0.717) is 0 Å². The number of piperidine rings is 1. The fraction of sp³-hybridized carbons (Fsp3) is 0.562. The van der Waals surface area contributed by atoms with E-state index >= 15 is 0 Å². The van der Waals surface area contributed by atoms with Gasteiger partial charge in [0.2, 0.25) is 5.91 Å². The Morgan fingerprint density at radius 1 is 1.30 bits per heavy atom. The molecule has 20 heavy (non-hydrogen) atoms. The third-order valence-electron chi connectivity index (χ3n) is 4.61. The SMILES string of the molecule is C[C@@H]1C[C@H](N)CCN1C(=O)[C@@H]1C[C@H]1c1ccc(F)cc1. The predicted octanol–water partition coefficient (Wildman–Crippen LogP) is 2.27. The first-order chi connectivity index (χ1) is 9.56.